The van der Waals surface area contributed by atoms with Crippen LogP contribution in [0.15, 0.2) is 16.7 Å². The monoisotopic (exact) mass is 304 g/mol. The molecule has 0 aromatic carbocycles. The molecule has 1 saturated heterocycles. The van der Waals surface area contributed by atoms with Gasteiger partial charge >= 0.3 is 0 Å². The molecule has 0 unspecified atom stereocenters. The first kappa shape index (κ1) is 12.6. The number of fused-ring (bicyclic) bond motifs is 3. The summed E-state index contributed by atoms with van der Waals surface area (Å²) < 4.78 is 5.81. The summed E-state index contributed by atoms with van der Waals surface area (Å²) in [5.74, 6) is 0.861. The van der Waals surface area contributed by atoms with Crippen molar-refractivity contribution in [2.45, 2.75) is 12.5 Å². The molecule has 0 amide bonds. The van der Waals surface area contributed by atoms with Crippen LogP contribution in [0.3, 0.4) is 0 Å². The maximum atomic E-state index is 6.00. The van der Waals surface area contributed by atoms with E-state index in [1.807, 2.05) is 0 Å². The number of rotatable bonds is 1. The van der Waals surface area contributed by atoms with Crippen molar-refractivity contribution < 1.29 is 4.42 Å². The molecule has 0 bridgehead atoms. The van der Waals surface area contributed by atoms with E-state index >= 15 is 0 Å². The maximum absolute atomic E-state index is 6.00. The number of aromatic nitrogens is 3. The van der Waals surface area contributed by atoms with Crippen LogP contribution in [-0.4, -0.2) is 34.1 Å². The quantitative estimate of drug-likeness (QED) is 0.702. The fraction of sp³-hybridized carbons (Fsp3) is 0.308. The first-order valence-electron chi connectivity index (χ1n) is 6.63. The number of nitrogens with two attached hydrogens (primary N) is 2. The Bertz CT molecular complexity index is 847. The van der Waals surface area contributed by atoms with Gasteiger partial charge in [-0.15, -0.1) is 0 Å². The van der Waals surface area contributed by atoms with Crippen molar-refractivity contribution in [3.8, 4) is 0 Å². The minimum absolute atomic E-state index is 0.133. The zero-order valence-corrected chi connectivity index (χ0v) is 11.8. The third kappa shape index (κ3) is 1.97. The van der Waals surface area contributed by atoms with Gasteiger partial charge in [-0.25, -0.2) is 9.97 Å². The summed E-state index contributed by atoms with van der Waals surface area (Å²) in [6, 6.07) is 1.90. The molecule has 3 aromatic heterocycles. The molecular formula is C13H13ClN6O. The van der Waals surface area contributed by atoms with Crippen molar-refractivity contribution in [1.82, 2.24) is 15.0 Å². The van der Waals surface area contributed by atoms with Gasteiger partial charge in [0.1, 0.15) is 5.52 Å². The SMILES string of the molecule is Nc1nc(N2CC[C@@H](N)C2)c2oc3ncc(Cl)cc3c2n1. The lowest BCUT2D eigenvalue weighted by Crippen LogP contribution is -2.27. The van der Waals surface area contributed by atoms with Crippen LogP contribution in [0.2, 0.25) is 5.02 Å². The van der Waals surface area contributed by atoms with E-state index in [1.54, 1.807) is 6.07 Å². The number of nitrogen functional groups attached to an aromatic ring is 1. The predicted octanol–water partition coefficient (Wildman–Crippen LogP) is 1.54. The summed E-state index contributed by atoms with van der Waals surface area (Å²) in [7, 11) is 0. The lowest BCUT2D eigenvalue weighted by atomic mass is 10.3. The largest absolute Gasteiger partial charge is 0.432 e. The molecule has 3 aromatic rings. The van der Waals surface area contributed by atoms with Gasteiger partial charge in [-0.05, 0) is 12.5 Å². The summed E-state index contributed by atoms with van der Waals surface area (Å²) >= 11 is 6.00. The average Bonchev–Trinajstić information content (AvgIpc) is 3.02. The molecule has 21 heavy (non-hydrogen) atoms. The minimum Gasteiger partial charge on any atom is -0.432 e. The van der Waals surface area contributed by atoms with E-state index in [4.69, 9.17) is 27.5 Å². The summed E-state index contributed by atoms with van der Waals surface area (Å²) in [5.41, 5.74) is 13.5. The van der Waals surface area contributed by atoms with Crippen LogP contribution in [0, 0.1) is 0 Å². The van der Waals surface area contributed by atoms with Gasteiger partial charge in [0.25, 0.3) is 0 Å². The van der Waals surface area contributed by atoms with Crippen molar-refractivity contribution in [3.05, 3.63) is 17.3 Å². The van der Waals surface area contributed by atoms with E-state index in [0.29, 0.717) is 27.7 Å². The summed E-state index contributed by atoms with van der Waals surface area (Å²) in [6.45, 7) is 1.54. The molecule has 8 heteroatoms. The highest BCUT2D eigenvalue weighted by Gasteiger charge is 2.25. The predicted molar refractivity (Wildman–Crippen MR) is 81.3 cm³/mol. The van der Waals surface area contributed by atoms with Crippen LogP contribution in [-0.2, 0) is 0 Å². The third-order valence-electron chi connectivity index (χ3n) is 3.66. The van der Waals surface area contributed by atoms with Crippen molar-refractivity contribution in [3.63, 3.8) is 0 Å². The second kappa shape index (κ2) is 4.44. The first-order chi connectivity index (χ1) is 10.1. The molecule has 0 radical (unpaired) electrons. The van der Waals surface area contributed by atoms with Crippen LogP contribution < -0.4 is 16.4 Å². The fourth-order valence-corrected chi connectivity index (χ4v) is 2.86. The van der Waals surface area contributed by atoms with Gasteiger partial charge in [0, 0.05) is 25.3 Å². The molecule has 1 aliphatic rings. The van der Waals surface area contributed by atoms with Crippen LogP contribution in [0.5, 0.6) is 0 Å². The summed E-state index contributed by atoms with van der Waals surface area (Å²) in [6.07, 6.45) is 2.45. The van der Waals surface area contributed by atoms with Crippen LogP contribution >= 0.6 is 11.6 Å². The molecule has 1 aliphatic heterocycles. The van der Waals surface area contributed by atoms with Crippen molar-refractivity contribution in [2.75, 3.05) is 23.7 Å². The zero-order chi connectivity index (χ0) is 14.6. The van der Waals surface area contributed by atoms with Gasteiger partial charge in [0.15, 0.2) is 11.4 Å². The van der Waals surface area contributed by atoms with Gasteiger partial charge in [0.05, 0.1) is 10.4 Å². The number of hydrogen-bond donors (Lipinski definition) is 2. The molecule has 4 rings (SSSR count). The topological polar surface area (TPSA) is 107 Å². The van der Waals surface area contributed by atoms with Crippen LogP contribution in [0.1, 0.15) is 6.42 Å². The molecule has 1 fully saturated rings. The van der Waals surface area contributed by atoms with Crippen molar-refractivity contribution in [2.24, 2.45) is 5.73 Å². The highest BCUT2D eigenvalue weighted by atomic mass is 35.5. The number of nitrogens with zero attached hydrogens (tertiary/aromatic N) is 4. The van der Waals surface area contributed by atoms with E-state index in [9.17, 15) is 0 Å². The standard InChI is InChI=1S/C13H13ClN6O/c14-6-3-8-9-10(21-12(8)17-4-6)11(19-13(16)18-9)20-2-1-7(15)5-20/h3-4,7H,1-2,5,15H2,(H2,16,18,19)/t7-/m1/s1. The third-order valence-corrected chi connectivity index (χ3v) is 3.87. The average molecular weight is 305 g/mol. The van der Waals surface area contributed by atoms with E-state index in [2.05, 4.69) is 19.9 Å². The lowest BCUT2D eigenvalue weighted by Gasteiger charge is -2.16. The highest BCUT2D eigenvalue weighted by molar-refractivity contribution is 6.31. The Labute approximate surface area is 124 Å². The molecule has 0 saturated carbocycles. The van der Waals surface area contributed by atoms with E-state index in [0.717, 1.165) is 24.9 Å². The van der Waals surface area contributed by atoms with Gasteiger partial charge in [-0.2, -0.15) is 4.98 Å². The molecule has 1 atom stereocenters. The van der Waals surface area contributed by atoms with Gasteiger partial charge < -0.3 is 20.8 Å². The number of halogens is 1. The van der Waals surface area contributed by atoms with Gasteiger partial charge in [0.2, 0.25) is 11.7 Å². The van der Waals surface area contributed by atoms with E-state index in [-0.39, 0.29) is 12.0 Å². The Morgan fingerprint density at radius 2 is 2.24 bits per heavy atom. The number of anilines is 2. The molecule has 0 spiro atoms. The van der Waals surface area contributed by atoms with Gasteiger partial charge in [-0.1, -0.05) is 11.6 Å². The summed E-state index contributed by atoms with van der Waals surface area (Å²) in [4.78, 5) is 14.8. The minimum atomic E-state index is 0.133. The lowest BCUT2D eigenvalue weighted by molar-refractivity contribution is 0.649. The Hall–Kier alpha value is -2.12. The van der Waals surface area contributed by atoms with Crippen molar-refractivity contribution in [1.29, 1.82) is 0 Å². The number of pyridine rings is 1. The molecule has 108 valence electrons. The summed E-state index contributed by atoms with van der Waals surface area (Å²) in [5, 5.41) is 1.25. The Morgan fingerprint density at radius 1 is 1.38 bits per heavy atom. The Morgan fingerprint density at radius 3 is 3.00 bits per heavy atom. The van der Waals surface area contributed by atoms with Crippen LogP contribution in [0.25, 0.3) is 22.2 Å². The molecular weight excluding hydrogens is 292 g/mol. The van der Waals surface area contributed by atoms with E-state index in [1.165, 1.54) is 6.20 Å². The second-order valence-corrected chi connectivity index (χ2v) is 5.62. The zero-order valence-electron chi connectivity index (χ0n) is 11.1. The molecule has 0 aliphatic carbocycles. The molecule has 4 heterocycles. The first-order valence-corrected chi connectivity index (χ1v) is 7.01. The Balaban J connectivity index is 2.00. The van der Waals surface area contributed by atoms with Crippen molar-refractivity contribution >= 4 is 45.6 Å². The molecule has 4 N–H and O–H groups in total. The molecule has 7 nitrogen and oxygen atoms in total. The second-order valence-electron chi connectivity index (χ2n) is 5.19. The number of furan rings is 1. The Kier molecular flexibility index (Phi) is 2.66. The van der Waals surface area contributed by atoms with E-state index < -0.39 is 0 Å². The maximum Gasteiger partial charge on any atom is 0.229 e. The smallest absolute Gasteiger partial charge is 0.229 e. The normalized spacial score (nSPS) is 19.0. The number of hydrogen-bond acceptors (Lipinski definition) is 7. The fourth-order valence-electron chi connectivity index (χ4n) is 2.70. The van der Waals surface area contributed by atoms with Gasteiger partial charge in [-0.3, -0.25) is 0 Å². The van der Waals surface area contributed by atoms with Crippen LogP contribution in [0.4, 0.5) is 11.8 Å². The highest BCUT2D eigenvalue weighted by Crippen LogP contribution is 2.34.